The predicted molar refractivity (Wildman–Crippen MR) is 84.6 cm³/mol. The Hall–Kier alpha value is -1.95. The fourth-order valence-corrected chi connectivity index (χ4v) is 3.95. The first-order valence-corrected chi connectivity index (χ1v) is 8.29. The molecule has 2 heterocycles. The summed E-state index contributed by atoms with van der Waals surface area (Å²) in [5.74, 6) is -0.498. The van der Waals surface area contributed by atoms with Crippen molar-refractivity contribution in [3.05, 3.63) is 30.1 Å². The summed E-state index contributed by atoms with van der Waals surface area (Å²) < 4.78 is 0. The van der Waals surface area contributed by atoms with Crippen LogP contribution in [0.5, 0.6) is 0 Å². The first kappa shape index (κ1) is 15.9. The third-order valence-corrected chi connectivity index (χ3v) is 5.04. The maximum Gasteiger partial charge on any atom is 0.320 e. The second-order valence-corrected chi connectivity index (χ2v) is 6.51. The van der Waals surface area contributed by atoms with Crippen LogP contribution >= 0.6 is 0 Å². The van der Waals surface area contributed by atoms with Crippen molar-refractivity contribution >= 4 is 11.9 Å². The molecule has 6 nitrogen and oxygen atoms in total. The molecule has 6 heteroatoms. The molecule has 0 aromatic carbocycles. The molecule has 1 amide bonds. The monoisotopic (exact) mass is 317 g/mol. The molecule has 124 valence electrons. The number of pyridine rings is 1. The molecular weight excluding hydrogens is 294 g/mol. The molecule has 3 rings (SSSR count). The van der Waals surface area contributed by atoms with Gasteiger partial charge < -0.3 is 10.4 Å². The smallest absolute Gasteiger partial charge is 0.320 e. The lowest BCUT2D eigenvalue weighted by molar-refractivity contribution is -0.143. The average Bonchev–Trinajstić information content (AvgIpc) is 2.93. The quantitative estimate of drug-likeness (QED) is 0.858. The van der Waals surface area contributed by atoms with Gasteiger partial charge in [0, 0.05) is 25.0 Å². The van der Waals surface area contributed by atoms with Gasteiger partial charge in [-0.2, -0.15) is 0 Å². The zero-order valence-corrected chi connectivity index (χ0v) is 13.1. The Balaban J connectivity index is 1.59. The second kappa shape index (κ2) is 7.08. The van der Waals surface area contributed by atoms with Gasteiger partial charge in [0.25, 0.3) is 0 Å². The van der Waals surface area contributed by atoms with Crippen LogP contribution in [0, 0.1) is 5.92 Å². The Morgan fingerprint density at radius 1 is 1.35 bits per heavy atom. The SMILES string of the molecule is O=C(CN1C(C(=O)O)CC2CCCCC21)NCc1cccnc1. The molecule has 0 spiro atoms. The van der Waals surface area contributed by atoms with Crippen molar-refractivity contribution in [2.24, 2.45) is 5.92 Å². The van der Waals surface area contributed by atoms with Crippen LogP contribution in [0.1, 0.15) is 37.7 Å². The molecule has 1 aromatic heterocycles. The van der Waals surface area contributed by atoms with E-state index in [2.05, 4.69) is 10.3 Å². The van der Waals surface area contributed by atoms with Crippen molar-refractivity contribution in [3.8, 4) is 0 Å². The first-order valence-electron chi connectivity index (χ1n) is 8.29. The highest BCUT2D eigenvalue weighted by Crippen LogP contribution is 2.39. The number of aromatic nitrogens is 1. The molecule has 3 unspecified atom stereocenters. The van der Waals surface area contributed by atoms with Crippen LogP contribution in [-0.2, 0) is 16.1 Å². The van der Waals surface area contributed by atoms with Crippen molar-refractivity contribution in [2.75, 3.05) is 6.54 Å². The molecule has 3 atom stereocenters. The lowest BCUT2D eigenvalue weighted by Crippen LogP contribution is -2.47. The highest BCUT2D eigenvalue weighted by Gasteiger charge is 2.45. The number of fused-ring (bicyclic) bond motifs is 1. The van der Waals surface area contributed by atoms with Crippen molar-refractivity contribution in [1.82, 2.24) is 15.2 Å². The molecule has 2 fully saturated rings. The first-order chi connectivity index (χ1) is 11.1. The van der Waals surface area contributed by atoms with E-state index in [9.17, 15) is 14.7 Å². The summed E-state index contributed by atoms with van der Waals surface area (Å²) in [6.07, 6.45) is 8.47. The van der Waals surface area contributed by atoms with Crippen LogP contribution in [0.25, 0.3) is 0 Å². The lowest BCUT2D eigenvalue weighted by Gasteiger charge is -2.32. The molecule has 0 radical (unpaired) electrons. The topological polar surface area (TPSA) is 82.5 Å². The van der Waals surface area contributed by atoms with E-state index < -0.39 is 12.0 Å². The summed E-state index contributed by atoms with van der Waals surface area (Å²) in [7, 11) is 0. The van der Waals surface area contributed by atoms with E-state index in [0.717, 1.165) is 24.8 Å². The molecule has 2 aliphatic rings. The standard InChI is InChI=1S/C17H23N3O3/c21-16(19-10-12-4-3-7-18-9-12)11-20-14-6-2-1-5-13(14)8-15(20)17(22)23/h3-4,7,9,13-15H,1-2,5-6,8,10-11H2,(H,19,21)(H,22,23). The summed E-state index contributed by atoms with van der Waals surface area (Å²) in [6.45, 7) is 0.588. The lowest BCUT2D eigenvalue weighted by atomic mass is 9.85. The number of carboxylic acid groups (broad SMARTS) is 1. The Morgan fingerprint density at radius 3 is 2.91 bits per heavy atom. The van der Waals surface area contributed by atoms with Gasteiger partial charge in [-0.3, -0.25) is 19.5 Å². The summed E-state index contributed by atoms with van der Waals surface area (Å²) in [6, 6.07) is 3.45. The van der Waals surface area contributed by atoms with Crippen LogP contribution in [0.15, 0.2) is 24.5 Å². The number of nitrogens with zero attached hydrogens (tertiary/aromatic N) is 2. The molecule has 2 N–H and O–H groups in total. The zero-order valence-electron chi connectivity index (χ0n) is 13.1. The molecule has 1 aromatic rings. The van der Waals surface area contributed by atoms with E-state index in [4.69, 9.17) is 0 Å². The largest absolute Gasteiger partial charge is 0.480 e. The minimum Gasteiger partial charge on any atom is -0.480 e. The fraction of sp³-hybridized carbons (Fsp3) is 0.588. The summed E-state index contributed by atoms with van der Waals surface area (Å²) >= 11 is 0. The normalized spacial score (nSPS) is 27.4. The third kappa shape index (κ3) is 3.69. The number of aliphatic carboxylic acids is 1. The van der Waals surface area contributed by atoms with Crippen molar-refractivity contribution in [2.45, 2.75) is 50.7 Å². The minimum absolute atomic E-state index is 0.119. The van der Waals surface area contributed by atoms with Gasteiger partial charge in [-0.25, -0.2) is 0 Å². The van der Waals surface area contributed by atoms with Gasteiger partial charge in [-0.15, -0.1) is 0 Å². The van der Waals surface area contributed by atoms with Gasteiger partial charge in [-0.05, 0) is 36.8 Å². The van der Waals surface area contributed by atoms with Gasteiger partial charge in [0.2, 0.25) is 5.91 Å². The summed E-state index contributed by atoms with van der Waals surface area (Å²) in [5, 5.41) is 12.3. The van der Waals surface area contributed by atoms with Gasteiger partial charge >= 0.3 is 5.97 Å². The second-order valence-electron chi connectivity index (χ2n) is 6.51. The predicted octanol–water partition coefficient (Wildman–Crippen LogP) is 1.42. The molecule has 1 saturated carbocycles. The highest BCUT2D eigenvalue weighted by atomic mass is 16.4. The maximum atomic E-state index is 12.2. The fourth-order valence-electron chi connectivity index (χ4n) is 3.95. The number of hydrogen-bond donors (Lipinski definition) is 2. The highest BCUT2D eigenvalue weighted by molar-refractivity contribution is 5.80. The van der Waals surface area contributed by atoms with Crippen LogP contribution in [0.3, 0.4) is 0 Å². The number of carboxylic acids is 1. The van der Waals surface area contributed by atoms with E-state index in [-0.39, 0.29) is 18.5 Å². The van der Waals surface area contributed by atoms with Crippen molar-refractivity contribution < 1.29 is 14.7 Å². The number of rotatable bonds is 5. The number of carbonyl (C=O) groups excluding carboxylic acids is 1. The van der Waals surface area contributed by atoms with Crippen molar-refractivity contribution in [1.29, 1.82) is 0 Å². The van der Waals surface area contributed by atoms with Crippen LogP contribution < -0.4 is 5.32 Å². The molecule has 23 heavy (non-hydrogen) atoms. The molecular formula is C17H23N3O3. The maximum absolute atomic E-state index is 12.2. The van der Waals surface area contributed by atoms with Gasteiger partial charge in [0.05, 0.1) is 6.54 Å². The van der Waals surface area contributed by atoms with Crippen molar-refractivity contribution in [3.63, 3.8) is 0 Å². The van der Waals surface area contributed by atoms with E-state index in [0.29, 0.717) is 18.9 Å². The molecule has 1 saturated heterocycles. The Kier molecular flexibility index (Phi) is 4.91. The summed E-state index contributed by atoms with van der Waals surface area (Å²) in [4.78, 5) is 29.7. The minimum atomic E-state index is -0.806. The van der Waals surface area contributed by atoms with Gasteiger partial charge in [-0.1, -0.05) is 18.9 Å². The third-order valence-electron chi connectivity index (χ3n) is 5.04. The Labute approximate surface area is 135 Å². The summed E-state index contributed by atoms with van der Waals surface area (Å²) in [5.41, 5.74) is 0.938. The Bertz CT molecular complexity index is 563. The van der Waals surface area contributed by atoms with E-state index in [1.54, 1.807) is 12.4 Å². The number of amides is 1. The van der Waals surface area contributed by atoms with E-state index >= 15 is 0 Å². The molecule has 1 aliphatic carbocycles. The van der Waals surface area contributed by atoms with Crippen LogP contribution in [0.4, 0.5) is 0 Å². The zero-order chi connectivity index (χ0) is 16.2. The van der Waals surface area contributed by atoms with Gasteiger partial charge in [0.1, 0.15) is 6.04 Å². The number of hydrogen-bond acceptors (Lipinski definition) is 4. The van der Waals surface area contributed by atoms with Crippen LogP contribution in [0.2, 0.25) is 0 Å². The average molecular weight is 317 g/mol. The molecule has 0 bridgehead atoms. The number of nitrogens with one attached hydrogen (secondary N) is 1. The Morgan fingerprint density at radius 2 is 2.17 bits per heavy atom. The van der Waals surface area contributed by atoms with Crippen LogP contribution in [-0.4, -0.2) is 45.5 Å². The van der Waals surface area contributed by atoms with E-state index in [1.807, 2.05) is 17.0 Å². The number of carbonyl (C=O) groups is 2. The van der Waals surface area contributed by atoms with Gasteiger partial charge in [0.15, 0.2) is 0 Å². The molecule has 1 aliphatic heterocycles. The number of likely N-dealkylation sites (tertiary alicyclic amines) is 1. The van der Waals surface area contributed by atoms with E-state index in [1.165, 1.54) is 6.42 Å².